The first-order chi connectivity index (χ1) is 14.9. The lowest BCUT2D eigenvalue weighted by molar-refractivity contribution is -0.0778. The third-order valence-electron chi connectivity index (χ3n) is 6.10. The first-order valence-corrected chi connectivity index (χ1v) is 13.2. The molecule has 2 aromatic carbocycles. The Morgan fingerprint density at radius 2 is 1.61 bits per heavy atom. The molecule has 1 aliphatic heterocycles. The van der Waals surface area contributed by atoms with Gasteiger partial charge in [-0.3, -0.25) is 0 Å². The van der Waals surface area contributed by atoms with Crippen LogP contribution in [-0.2, 0) is 9.16 Å². The third-order valence-corrected chi connectivity index (χ3v) is 11.2. The SMILES string of the molecule is C=C[C@H]1CC/C=C\C[C@H](O[Si](c2ccccc2)(c2ccccc2)C(C)(C)C)[C@@H](CO)O1. The highest BCUT2D eigenvalue weighted by Gasteiger charge is 2.52. The number of aliphatic hydroxyl groups excluding tert-OH is 1. The van der Waals surface area contributed by atoms with Crippen molar-refractivity contribution in [3.05, 3.63) is 85.5 Å². The van der Waals surface area contributed by atoms with Crippen LogP contribution in [0.4, 0.5) is 0 Å². The molecule has 0 aliphatic carbocycles. The Labute approximate surface area is 188 Å². The van der Waals surface area contributed by atoms with Gasteiger partial charge in [0, 0.05) is 0 Å². The zero-order valence-corrected chi connectivity index (χ0v) is 20.0. The van der Waals surface area contributed by atoms with Gasteiger partial charge < -0.3 is 14.3 Å². The Balaban J connectivity index is 2.13. The molecule has 1 aliphatic rings. The average molecular weight is 437 g/mol. The van der Waals surface area contributed by atoms with E-state index in [1.54, 1.807) is 0 Å². The standard InChI is InChI=1S/C27H36O3Si/c1-5-22-15-9-6-14-20-25(26(21-28)29-22)30-31(27(2,3)4,23-16-10-7-11-17-23)24-18-12-8-13-19-24/h5-8,10-14,16-19,22,25-26,28H,1,9,15,20-21H2,2-4H3/b14-6-/t22-,25-,26+/m0/s1. The summed E-state index contributed by atoms with van der Waals surface area (Å²) in [5, 5.41) is 12.6. The molecule has 1 heterocycles. The average Bonchev–Trinajstić information content (AvgIpc) is 2.87. The van der Waals surface area contributed by atoms with Crippen molar-refractivity contribution < 1.29 is 14.3 Å². The lowest BCUT2D eigenvalue weighted by Crippen LogP contribution is -2.68. The summed E-state index contributed by atoms with van der Waals surface area (Å²) in [7, 11) is -2.73. The summed E-state index contributed by atoms with van der Waals surface area (Å²) in [5.74, 6) is 0. The highest BCUT2D eigenvalue weighted by atomic mass is 28.4. The van der Waals surface area contributed by atoms with Crippen molar-refractivity contribution >= 4 is 18.7 Å². The molecule has 3 atom stereocenters. The number of rotatable bonds is 6. The van der Waals surface area contributed by atoms with Crippen molar-refractivity contribution in [2.24, 2.45) is 0 Å². The summed E-state index contributed by atoms with van der Waals surface area (Å²) >= 11 is 0. The van der Waals surface area contributed by atoms with Crippen molar-refractivity contribution in [3.63, 3.8) is 0 Å². The minimum absolute atomic E-state index is 0.0823. The van der Waals surface area contributed by atoms with Crippen LogP contribution >= 0.6 is 0 Å². The highest BCUT2D eigenvalue weighted by molar-refractivity contribution is 6.99. The second-order valence-corrected chi connectivity index (χ2v) is 13.5. The summed E-state index contributed by atoms with van der Waals surface area (Å²) in [5.41, 5.74) is 0. The fourth-order valence-electron chi connectivity index (χ4n) is 4.52. The van der Waals surface area contributed by atoms with Gasteiger partial charge in [0.25, 0.3) is 8.32 Å². The lowest BCUT2D eigenvalue weighted by atomic mass is 10.1. The number of hydrogen-bond acceptors (Lipinski definition) is 3. The monoisotopic (exact) mass is 436 g/mol. The zero-order valence-electron chi connectivity index (χ0n) is 19.0. The molecule has 1 N–H and O–H groups in total. The van der Waals surface area contributed by atoms with E-state index in [1.807, 2.05) is 18.2 Å². The predicted molar refractivity (Wildman–Crippen MR) is 131 cm³/mol. The van der Waals surface area contributed by atoms with Crippen LogP contribution < -0.4 is 10.4 Å². The second-order valence-electron chi connectivity index (χ2n) is 9.24. The first-order valence-electron chi connectivity index (χ1n) is 11.2. The summed E-state index contributed by atoms with van der Waals surface area (Å²) < 4.78 is 13.6. The molecule has 0 amide bonds. The van der Waals surface area contributed by atoms with Crippen molar-refractivity contribution in [2.45, 2.75) is 63.4 Å². The number of allylic oxidation sites excluding steroid dienone is 1. The van der Waals surface area contributed by atoms with E-state index in [0.29, 0.717) is 6.42 Å². The van der Waals surface area contributed by atoms with E-state index < -0.39 is 14.4 Å². The molecule has 0 saturated carbocycles. The van der Waals surface area contributed by atoms with Crippen LogP contribution in [0, 0.1) is 0 Å². The summed E-state index contributed by atoms with van der Waals surface area (Å²) in [6.45, 7) is 10.7. The van der Waals surface area contributed by atoms with Crippen LogP contribution in [0.1, 0.15) is 40.0 Å². The summed E-state index contributed by atoms with van der Waals surface area (Å²) in [4.78, 5) is 0. The van der Waals surface area contributed by atoms with Crippen molar-refractivity contribution in [2.75, 3.05) is 6.61 Å². The maximum Gasteiger partial charge on any atom is 0.261 e. The van der Waals surface area contributed by atoms with Gasteiger partial charge in [-0.2, -0.15) is 0 Å². The Morgan fingerprint density at radius 1 is 1.03 bits per heavy atom. The van der Waals surface area contributed by atoms with Gasteiger partial charge in [-0.15, -0.1) is 6.58 Å². The largest absolute Gasteiger partial charge is 0.401 e. The molecule has 3 rings (SSSR count). The smallest absolute Gasteiger partial charge is 0.261 e. The number of benzene rings is 2. The zero-order chi connectivity index (χ0) is 22.3. The molecule has 4 heteroatoms. The summed E-state index contributed by atoms with van der Waals surface area (Å²) in [6, 6.07) is 21.2. The Morgan fingerprint density at radius 3 is 2.10 bits per heavy atom. The molecule has 31 heavy (non-hydrogen) atoms. The highest BCUT2D eigenvalue weighted by Crippen LogP contribution is 2.38. The quantitative estimate of drug-likeness (QED) is 0.531. The van der Waals surface area contributed by atoms with Crippen LogP contribution in [0.2, 0.25) is 5.04 Å². The van der Waals surface area contributed by atoms with E-state index in [2.05, 4.69) is 88.0 Å². The Hall–Kier alpha value is -1.98. The molecule has 0 saturated heterocycles. The van der Waals surface area contributed by atoms with Crippen LogP contribution in [0.25, 0.3) is 0 Å². The molecule has 0 unspecified atom stereocenters. The van der Waals surface area contributed by atoms with Gasteiger partial charge in [-0.05, 0) is 34.7 Å². The van der Waals surface area contributed by atoms with Gasteiger partial charge in [-0.25, -0.2) is 0 Å². The van der Waals surface area contributed by atoms with Crippen LogP contribution in [-0.4, -0.2) is 38.3 Å². The minimum atomic E-state index is -2.73. The van der Waals surface area contributed by atoms with Gasteiger partial charge >= 0.3 is 0 Å². The van der Waals surface area contributed by atoms with E-state index in [9.17, 15) is 5.11 Å². The lowest BCUT2D eigenvalue weighted by Gasteiger charge is -2.46. The number of aliphatic hydroxyl groups is 1. The van der Waals surface area contributed by atoms with Crippen LogP contribution in [0.5, 0.6) is 0 Å². The molecule has 0 aromatic heterocycles. The molecule has 2 aromatic rings. The number of ether oxygens (including phenoxy) is 1. The van der Waals surface area contributed by atoms with E-state index in [1.165, 1.54) is 10.4 Å². The topological polar surface area (TPSA) is 38.7 Å². The molecule has 166 valence electrons. The normalized spacial score (nSPS) is 23.9. The van der Waals surface area contributed by atoms with Gasteiger partial charge in [0.1, 0.15) is 6.10 Å². The maximum absolute atomic E-state index is 10.3. The van der Waals surface area contributed by atoms with E-state index in [4.69, 9.17) is 9.16 Å². The van der Waals surface area contributed by atoms with Crippen molar-refractivity contribution in [1.82, 2.24) is 0 Å². The minimum Gasteiger partial charge on any atom is -0.401 e. The third kappa shape index (κ3) is 5.26. The molecular formula is C27H36O3Si. The molecule has 3 nitrogen and oxygen atoms in total. The molecule has 0 spiro atoms. The van der Waals surface area contributed by atoms with Gasteiger partial charge in [0.2, 0.25) is 0 Å². The van der Waals surface area contributed by atoms with Crippen LogP contribution in [0.3, 0.4) is 0 Å². The van der Waals surface area contributed by atoms with E-state index in [0.717, 1.165) is 12.8 Å². The van der Waals surface area contributed by atoms with E-state index in [-0.39, 0.29) is 23.9 Å². The fourth-order valence-corrected chi connectivity index (χ4v) is 9.23. The van der Waals surface area contributed by atoms with Crippen molar-refractivity contribution in [1.29, 1.82) is 0 Å². The fraction of sp³-hybridized carbons (Fsp3) is 0.407. The van der Waals surface area contributed by atoms with Gasteiger partial charge in [-0.1, -0.05) is 99.7 Å². The van der Waals surface area contributed by atoms with Crippen LogP contribution in [0.15, 0.2) is 85.5 Å². The van der Waals surface area contributed by atoms with Crippen molar-refractivity contribution in [3.8, 4) is 0 Å². The predicted octanol–water partition coefficient (Wildman–Crippen LogP) is 4.60. The Kier molecular flexibility index (Phi) is 8.06. The second kappa shape index (κ2) is 10.6. The molecule has 0 bridgehead atoms. The molecule has 0 fully saturated rings. The van der Waals surface area contributed by atoms with E-state index >= 15 is 0 Å². The number of hydrogen-bond donors (Lipinski definition) is 1. The maximum atomic E-state index is 10.3. The molecule has 0 radical (unpaired) electrons. The first kappa shape index (κ1) is 23.7. The van der Waals surface area contributed by atoms with Gasteiger partial charge in [0.05, 0.1) is 18.8 Å². The molecular weight excluding hydrogens is 400 g/mol. The summed E-state index contributed by atoms with van der Waals surface area (Å²) in [6.07, 6.45) is 7.96. The Bertz CT molecular complexity index is 802. The van der Waals surface area contributed by atoms with Gasteiger partial charge in [0.15, 0.2) is 0 Å².